The Balaban J connectivity index is 1.33. The van der Waals surface area contributed by atoms with Crippen molar-refractivity contribution in [1.29, 1.82) is 0 Å². The fourth-order valence-electron chi connectivity index (χ4n) is 3.71. The van der Waals surface area contributed by atoms with Gasteiger partial charge in [-0.1, -0.05) is 0 Å². The first-order valence-corrected chi connectivity index (χ1v) is 14.8. The lowest BCUT2D eigenvalue weighted by Gasteiger charge is -2.26. The van der Waals surface area contributed by atoms with Gasteiger partial charge in [0.2, 0.25) is 10.0 Å². The minimum absolute atomic E-state index is 0.112. The molecule has 0 spiro atoms. The van der Waals surface area contributed by atoms with Gasteiger partial charge in [-0.05, 0) is 56.3 Å². The number of sulfonamides is 1. The van der Waals surface area contributed by atoms with Gasteiger partial charge in [0.15, 0.2) is 9.84 Å². The zero-order valence-corrected chi connectivity index (χ0v) is 21.8. The number of hydrogen-bond donors (Lipinski definition) is 2. The van der Waals surface area contributed by atoms with E-state index in [1.807, 2.05) is 30.9 Å². The van der Waals surface area contributed by atoms with Gasteiger partial charge in [-0.25, -0.2) is 26.5 Å². The summed E-state index contributed by atoms with van der Waals surface area (Å²) in [6.07, 6.45) is 1.62. The second-order valence-electron chi connectivity index (χ2n) is 8.56. The number of nitrogens with zero attached hydrogens (tertiary/aromatic N) is 3. The Morgan fingerprint density at radius 2 is 1.75 bits per heavy atom. The second-order valence-corrected chi connectivity index (χ2v) is 12.6. The highest BCUT2D eigenvalue weighted by molar-refractivity contribution is 7.91. The maximum Gasteiger partial charge on any atom is 0.240 e. The van der Waals surface area contributed by atoms with Crippen molar-refractivity contribution < 1.29 is 21.6 Å². The molecule has 0 bridgehead atoms. The van der Waals surface area contributed by atoms with Crippen molar-refractivity contribution in [2.75, 3.05) is 43.0 Å². The summed E-state index contributed by atoms with van der Waals surface area (Å²) in [5.74, 6) is 2.02. The summed E-state index contributed by atoms with van der Waals surface area (Å²) in [5, 5.41) is 3.15. The summed E-state index contributed by atoms with van der Waals surface area (Å²) in [6, 6.07) is 13.6. The average Bonchev–Trinajstić information content (AvgIpc) is 2.83. The van der Waals surface area contributed by atoms with Crippen LogP contribution in [0.4, 0.5) is 11.5 Å². The van der Waals surface area contributed by atoms with Crippen LogP contribution in [0.3, 0.4) is 0 Å². The maximum absolute atomic E-state index is 12.6. The van der Waals surface area contributed by atoms with E-state index in [1.165, 1.54) is 12.1 Å². The van der Waals surface area contributed by atoms with Crippen LogP contribution in [-0.2, 0) is 19.9 Å². The van der Waals surface area contributed by atoms with Crippen LogP contribution in [-0.4, -0.2) is 69.4 Å². The molecule has 1 aliphatic rings. The molecule has 3 aromatic rings. The predicted octanol–water partition coefficient (Wildman–Crippen LogP) is 2.64. The molecule has 1 saturated heterocycles. The van der Waals surface area contributed by atoms with Gasteiger partial charge in [-0.15, -0.1) is 0 Å². The van der Waals surface area contributed by atoms with Crippen molar-refractivity contribution in [1.82, 2.24) is 19.6 Å². The standard InChI is InChI=1S/C24H29N5O5S2/c1-18-3-8-23(19(2)27-18)34-21-9-10-25-24(17-21)28-20-4-6-22(7-5-20)36(32,33)26-11-12-29-13-15-35(30,31)16-14-29/h3-10,17,26H,11-16H2,1-2H3,(H,25,28). The molecule has 0 unspecified atom stereocenters. The van der Waals surface area contributed by atoms with Gasteiger partial charge in [0.05, 0.1) is 22.1 Å². The van der Waals surface area contributed by atoms with Gasteiger partial charge in [-0.3, -0.25) is 4.98 Å². The van der Waals surface area contributed by atoms with Gasteiger partial charge in [-0.2, -0.15) is 0 Å². The van der Waals surface area contributed by atoms with E-state index in [1.54, 1.807) is 30.5 Å². The summed E-state index contributed by atoms with van der Waals surface area (Å²) in [6.45, 7) is 5.31. The molecule has 10 nitrogen and oxygen atoms in total. The topological polar surface area (TPSA) is 131 Å². The molecule has 4 rings (SSSR count). The number of pyridine rings is 2. The van der Waals surface area contributed by atoms with Crippen molar-refractivity contribution >= 4 is 31.4 Å². The lowest BCUT2D eigenvalue weighted by atomic mass is 10.3. The molecule has 36 heavy (non-hydrogen) atoms. The number of ether oxygens (including phenoxy) is 1. The monoisotopic (exact) mass is 531 g/mol. The van der Waals surface area contributed by atoms with Gasteiger partial charge in [0.25, 0.3) is 0 Å². The molecule has 2 N–H and O–H groups in total. The highest BCUT2D eigenvalue weighted by Crippen LogP contribution is 2.26. The minimum atomic E-state index is -3.69. The van der Waals surface area contributed by atoms with Crippen LogP contribution in [0.1, 0.15) is 11.4 Å². The maximum atomic E-state index is 12.6. The summed E-state index contributed by atoms with van der Waals surface area (Å²) >= 11 is 0. The van der Waals surface area contributed by atoms with Crippen molar-refractivity contribution in [2.45, 2.75) is 18.7 Å². The van der Waals surface area contributed by atoms with Crippen LogP contribution >= 0.6 is 0 Å². The van der Waals surface area contributed by atoms with Crippen LogP contribution in [0, 0.1) is 13.8 Å². The van der Waals surface area contributed by atoms with E-state index in [0.717, 1.165) is 11.4 Å². The molecule has 1 aliphatic heterocycles. The van der Waals surface area contributed by atoms with Gasteiger partial charge in [0, 0.05) is 49.8 Å². The number of hydrogen-bond acceptors (Lipinski definition) is 9. The molecule has 3 heterocycles. The SMILES string of the molecule is Cc1ccc(Oc2ccnc(Nc3ccc(S(=O)(=O)NCCN4CCS(=O)(=O)CC4)cc3)c2)c(C)n1. The third kappa shape index (κ3) is 7.00. The van der Waals surface area contributed by atoms with Crippen LogP contribution < -0.4 is 14.8 Å². The van der Waals surface area contributed by atoms with E-state index in [-0.39, 0.29) is 22.9 Å². The average molecular weight is 532 g/mol. The normalized spacial score (nSPS) is 15.9. The first kappa shape index (κ1) is 26.0. The molecule has 192 valence electrons. The van der Waals surface area contributed by atoms with E-state index >= 15 is 0 Å². The lowest BCUT2D eigenvalue weighted by Crippen LogP contribution is -2.43. The Kier molecular flexibility index (Phi) is 7.88. The molecule has 0 amide bonds. The van der Waals surface area contributed by atoms with Gasteiger partial charge >= 0.3 is 0 Å². The van der Waals surface area contributed by atoms with Crippen LogP contribution in [0.2, 0.25) is 0 Å². The van der Waals surface area contributed by atoms with Crippen LogP contribution in [0.25, 0.3) is 0 Å². The highest BCUT2D eigenvalue weighted by Gasteiger charge is 2.22. The van der Waals surface area contributed by atoms with Gasteiger partial charge in [0.1, 0.15) is 17.3 Å². The number of aryl methyl sites for hydroxylation is 2. The van der Waals surface area contributed by atoms with E-state index in [4.69, 9.17) is 4.74 Å². The lowest BCUT2D eigenvalue weighted by molar-refractivity contribution is 0.300. The highest BCUT2D eigenvalue weighted by atomic mass is 32.2. The van der Waals surface area contributed by atoms with Crippen molar-refractivity contribution in [3.05, 3.63) is 66.1 Å². The molecule has 2 aromatic heterocycles. The largest absolute Gasteiger partial charge is 0.455 e. The second kappa shape index (κ2) is 10.9. The summed E-state index contributed by atoms with van der Waals surface area (Å²) in [7, 11) is -6.65. The Morgan fingerprint density at radius 3 is 2.44 bits per heavy atom. The molecule has 0 saturated carbocycles. The van der Waals surface area contributed by atoms with Gasteiger partial charge < -0.3 is 15.0 Å². The molecule has 0 aliphatic carbocycles. The van der Waals surface area contributed by atoms with E-state index in [2.05, 4.69) is 20.0 Å². The van der Waals surface area contributed by atoms with Crippen molar-refractivity contribution in [3.63, 3.8) is 0 Å². The third-order valence-electron chi connectivity index (χ3n) is 5.73. The Labute approximate surface area is 211 Å². The number of nitrogens with one attached hydrogen (secondary N) is 2. The fourth-order valence-corrected chi connectivity index (χ4v) is 6.01. The van der Waals surface area contributed by atoms with Crippen LogP contribution in [0.5, 0.6) is 11.5 Å². The molecule has 0 radical (unpaired) electrons. The summed E-state index contributed by atoms with van der Waals surface area (Å²) in [5.41, 5.74) is 2.37. The summed E-state index contributed by atoms with van der Waals surface area (Å²) < 4.78 is 56.8. The number of aromatic nitrogens is 2. The van der Waals surface area contributed by atoms with Crippen molar-refractivity contribution in [3.8, 4) is 11.5 Å². The first-order chi connectivity index (χ1) is 17.1. The number of benzene rings is 1. The Hall–Kier alpha value is -3.06. The summed E-state index contributed by atoms with van der Waals surface area (Å²) in [4.78, 5) is 10.8. The molecule has 1 aromatic carbocycles. The number of anilines is 2. The molecular formula is C24H29N5O5S2. The molecule has 1 fully saturated rings. The Bertz CT molecular complexity index is 1410. The fraction of sp³-hybridized carbons (Fsp3) is 0.333. The third-order valence-corrected chi connectivity index (χ3v) is 8.82. The van der Waals surface area contributed by atoms with E-state index in [0.29, 0.717) is 42.6 Å². The zero-order valence-electron chi connectivity index (χ0n) is 20.1. The van der Waals surface area contributed by atoms with E-state index < -0.39 is 19.9 Å². The smallest absolute Gasteiger partial charge is 0.240 e. The molecule has 0 atom stereocenters. The minimum Gasteiger partial charge on any atom is -0.455 e. The quantitative estimate of drug-likeness (QED) is 0.428. The van der Waals surface area contributed by atoms with E-state index in [9.17, 15) is 16.8 Å². The van der Waals surface area contributed by atoms with Crippen LogP contribution in [0.15, 0.2) is 59.6 Å². The molecule has 12 heteroatoms. The predicted molar refractivity (Wildman–Crippen MR) is 138 cm³/mol. The van der Waals surface area contributed by atoms with Crippen molar-refractivity contribution in [2.24, 2.45) is 0 Å². The Morgan fingerprint density at radius 1 is 1.03 bits per heavy atom. The first-order valence-electron chi connectivity index (χ1n) is 11.5. The zero-order chi connectivity index (χ0) is 25.8. The number of sulfone groups is 1. The number of rotatable bonds is 9. The molecular weight excluding hydrogens is 502 g/mol.